The number of aryl methyl sites for hydroxylation is 2. The van der Waals surface area contributed by atoms with Crippen LogP contribution in [0.3, 0.4) is 0 Å². The van der Waals surface area contributed by atoms with E-state index in [0.717, 1.165) is 29.7 Å². The van der Waals surface area contributed by atoms with E-state index in [1.807, 2.05) is 24.3 Å². The quantitative estimate of drug-likeness (QED) is 0.866. The molecule has 2 heterocycles. The van der Waals surface area contributed by atoms with Crippen molar-refractivity contribution in [2.45, 2.75) is 25.7 Å². The third-order valence-corrected chi connectivity index (χ3v) is 4.53. The number of anilines is 1. The maximum Gasteiger partial charge on any atom is 0.231 e. The van der Waals surface area contributed by atoms with Gasteiger partial charge in [-0.1, -0.05) is 18.2 Å². The maximum absolute atomic E-state index is 14.2. The van der Waals surface area contributed by atoms with Gasteiger partial charge in [0.2, 0.25) is 12.7 Å². The van der Waals surface area contributed by atoms with Crippen molar-refractivity contribution >= 4 is 11.6 Å². The average molecular weight is 327 g/mol. The van der Waals surface area contributed by atoms with Crippen molar-refractivity contribution in [2.75, 3.05) is 18.2 Å². The first-order valence-electron chi connectivity index (χ1n) is 8.18. The van der Waals surface area contributed by atoms with E-state index < -0.39 is 0 Å². The van der Waals surface area contributed by atoms with Crippen LogP contribution in [-0.4, -0.2) is 19.2 Å². The van der Waals surface area contributed by atoms with E-state index in [0.29, 0.717) is 30.8 Å². The van der Waals surface area contributed by atoms with Crippen LogP contribution in [0.1, 0.15) is 24.0 Å². The first-order valence-corrected chi connectivity index (χ1v) is 8.18. The summed E-state index contributed by atoms with van der Waals surface area (Å²) in [5, 5.41) is 0. The molecule has 5 heteroatoms. The second kappa shape index (κ2) is 6.15. The van der Waals surface area contributed by atoms with Crippen molar-refractivity contribution < 1.29 is 18.7 Å². The highest BCUT2D eigenvalue weighted by Crippen LogP contribution is 2.33. The lowest BCUT2D eigenvalue weighted by atomic mass is 10.0. The van der Waals surface area contributed by atoms with Crippen molar-refractivity contribution in [3.05, 3.63) is 53.3 Å². The van der Waals surface area contributed by atoms with Crippen LogP contribution in [-0.2, 0) is 17.6 Å². The molecule has 1 amide bonds. The fraction of sp³-hybridized carbons (Fsp3) is 0.316. The van der Waals surface area contributed by atoms with Gasteiger partial charge in [0.25, 0.3) is 0 Å². The Balaban J connectivity index is 1.48. The second-order valence-electron chi connectivity index (χ2n) is 6.08. The summed E-state index contributed by atoms with van der Waals surface area (Å²) in [6.07, 6.45) is 2.62. The topological polar surface area (TPSA) is 38.8 Å². The molecule has 0 unspecified atom stereocenters. The van der Waals surface area contributed by atoms with Gasteiger partial charge in [-0.2, -0.15) is 0 Å². The molecule has 0 fully saturated rings. The molecule has 2 aromatic rings. The predicted molar refractivity (Wildman–Crippen MR) is 88.0 cm³/mol. The van der Waals surface area contributed by atoms with E-state index in [1.54, 1.807) is 11.0 Å². The maximum atomic E-state index is 14.2. The van der Waals surface area contributed by atoms with Crippen molar-refractivity contribution in [2.24, 2.45) is 0 Å². The molecule has 4 rings (SSSR count). The summed E-state index contributed by atoms with van der Waals surface area (Å²) in [5.74, 6) is 1.09. The summed E-state index contributed by atoms with van der Waals surface area (Å²) in [6.45, 7) is 0.815. The van der Waals surface area contributed by atoms with E-state index in [4.69, 9.17) is 9.47 Å². The summed E-state index contributed by atoms with van der Waals surface area (Å²) in [7, 11) is 0. The number of halogens is 1. The number of hydrogen-bond donors (Lipinski definition) is 0. The van der Waals surface area contributed by atoms with E-state index in [-0.39, 0.29) is 18.5 Å². The molecule has 4 nitrogen and oxygen atoms in total. The number of ether oxygens (including phenoxy) is 2. The summed E-state index contributed by atoms with van der Waals surface area (Å²) < 4.78 is 24.8. The molecule has 124 valence electrons. The van der Waals surface area contributed by atoms with Crippen LogP contribution in [0, 0.1) is 5.82 Å². The van der Waals surface area contributed by atoms with Gasteiger partial charge in [0.05, 0.1) is 5.69 Å². The van der Waals surface area contributed by atoms with Crippen molar-refractivity contribution in [1.82, 2.24) is 0 Å². The van der Waals surface area contributed by atoms with Crippen LogP contribution in [0.5, 0.6) is 11.5 Å². The minimum absolute atomic E-state index is 0.0429. The molecule has 2 aliphatic rings. The molecular weight excluding hydrogens is 309 g/mol. The number of amides is 1. The molecule has 2 aliphatic heterocycles. The number of carbonyl (C=O) groups is 1. The first-order chi connectivity index (χ1) is 11.7. The van der Waals surface area contributed by atoms with Gasteiger partial charge in [0.15, 0.2) is 11.5 Å². The molecule has 0 atom stereocenters. The van der Waals surface area contributed by atoms with Crippen LogP contribution < -0.4 is 14.4 Å². The lowest BCUT2D eigenvalue weighted by Gasteiger charge is -2.30. The lowest BCUT2D eigenvalue weighted by molar-refractivity contribution is -0.118. The number of benzene rings is 2. The van der Waals surface area contributed by atoms with Gasteiger partial charge in [0, 0.05) is 13.0 Å². The van der Waals surface area contributed by atoms with Crippen molar-refractivity contribution in [3.63, 3.8) is 0 Å². The Morgan fingerprint density at radius 3 is 2.96 bits per heavy atom. The fourth-order valence-electron chi connectivity index (χ4n) is 3.34. The van der Waals surface area contributed by atoms with Gasteiger partial charge in [-0.25, -0.2) is 4.39 Å². The highest BCUT2D eigenvalue weighted by atomic mass is 19.1. The Kier molecular flexibility index (Phi) is 3.84. The van der Waals surface area contributed by atoms with Gasteiger partial charge in [-0.05, 0) is 48.6 Å². The molecule has 2 aromatic carbocycles. The molecule has 0 saturated heterocycles. The largest absolute Gasteiger partial charge is 0.454 e. The predicted octanol–water partition coefficient (Wildman–Crippen LogP) is 3.47. The van der Waals surface area contributed by atoms with Crippen LogP contribution in [0.2, 0.25) is 0 Å². The third-order valence-electron chi connectivity index (χ3n) is 4.53. The van der Waals surface area contributed by atoms with Crippen molar-refractivity contribution in [1.29, 1.82) is 0 Å². The Bertz CT molecular complexity index is 790. The Hall–Kier alpha value is -2.56. The van der Waals surface area contributed by atoms with Gasteiger partial charge in [-0.15, -0.1) is 0 Å². The van der Waals surface area contributed by atoms with E-state index >= 15 is 0 Å². The molecule has 24 heavy (non-hydrogen) atoms. The standard InChI is InChI=1S/C19H18FNO3/c20-15-5-1-3-14-4-2-10-21(19(14)15)18(22)9-7-13-6-8-16-17(11-13)24-12-23-16/h1,3,5-6,8,11H,2,4,7,9-10,12H2. The first kappa shape index (κ1) is 15.0. The highest BCUT2D eigenvalue weighted by Gasteiger charge is 2.25. The van der Waals surface area contributed by atoms with Gasteiger partial charge in [0.1, 0.15) is 5.82 Å². The van der Waals surface area contributed by atoms with Crippen LogP contribution in [0.4, 0.5) is 10.1 Å². The third kappa shape index (κ3) is 2.70. The number of fused-ring (bicyclic) bond motifs is 2. The average Bonchev–Trinajstić information content (AvgIpc) is 3.07. The molecule has 0 saturated carbocycles. The molecule has 0 bridgehead atoms. The number of para-hydroxylation sites is 1. The Labute approximate surface area is 139 Å². The van der Waals surface area contributed by atoms with Gasteiger partial charge in [-0.3, -0.25) is 4.79 Å². The molecule has 0 aliphatic carbocycles. The Morgan fingerprint density at radius 1 is 1.17 bits per heavy atom. The molecule has 0 radical (unpaired) electrons. The summed E-state index contributed by atoms with van der Waals surface area (Å²) in [4.78, 5) is 14.2. The number of rotatable bonds is 3. The van der Waals surface area contributed by atoms with Crippen LogP contribution in [0.15, 0.2) is 36.4 Å². The normalized spacial score (nSPS) is 15.3. The zero-order chi connectivity index (χ0) is 16.5. The molecule has 0 aromatic heterocycles. The van der Waals surface area contributed by atoms with Crippen LogP contribution >= 0.6 is 0 Å². The molecular formula is C19H18FNO3. The lowest BCUT2D eigenvalue weighted by Crippen LogP contribution is -2.36. The molecule has 0 N–H and O–H groups in total. The number of hydrogen-bond acceptors (Lipinski definition) is 3. The fourth-order valence-corrected chi connectivity index (χ4v) is 3.34. The number of carbonyl (C=O) groups excluding carboxylic acids is 1. The second-order valence-corrected chi connectivity index (χ2v) is 6.08. The summed E-state index contributed by atoms with van der Waals surface area (Å²) in [6, 6.07) is 10.7. The zero-order valence-electron chi connectivity index (χ0n) is 13.3. The van der Waals surface area contributed by atoms with Crippen LogP contribution in [0.25, 0.3) is 0 Å². The minimum atomic E-state index is -0.316. The van der Waals surface area contributed by atoms with E-state index in [2.05, 4.69) is 0 Å². The van der Waals surface area contributed by atoms with Gasteiger partial charge >= 0.3 is 0 Å². The Morgan fingerprint density at radius 2 is 2.04 bits per heavy atom. The highest BCUT2D eigenvalue weighted by molar-refractivity contribution is 5.94. The van der Waals surface area contributed by atoms with E-state index in [1.165, 1.54) is 6.07 Å². The van der Waals surface area contributed by atoms with Gasteiger partial charge < -0.3 is 14.4 Å². The SMILES string of the molecule is O=C(CCc1ccc2c(c1)OCO2)N1CCCc2cccc(F)c21. The smallest absolute Gasteiger partial charge is 0.231 e. The summed E-state index contributed by atoms with van der Waals surface area (Å²) >= 11 is 0. The monoisotopic (exact) mass is 327 g/mol. The van der Waals surface area contributed by atoms with Crippen molar-refractivity contribution in [3.8, 4) is 11.5 Å². The van der Waals surface area contributed by atoms with E-state index in [9.17, 15) is 9.18 Å². The summed E-state index contributed by atoms with van der Waals surface area (Å²) in [5.41, 5.74) is 2.38. The molecule has 0 spiro atoms. The number of nitrogens with zero attached hydrogens (tertiary/aromatic N) is 1. The zero-order valence-corrected chi connectivity index (χ0v) is 13.3. The minimum Gasteiger partial charge on any atom is -0.454 e.